The molecule has 7 heteroatoms. The highest BCUT2D eigenvalue weighted by atomic mass is 79.9. The van der Waals surface area contributed by atoms with E-state index in [2.05, 4.69) is 31.1 Å². The molecule has 90 valence electrons. The molecule has 17 heavy (non-hydrogen) atoms. The first kappa shape index (κ1) is 12.8. The van der Waals surface area contributed by atoms with Gasteiger partial charge in [0.05, 0.1) is 0 Å². The molecule has 0 saturated heterocycles. The van der Waals surface area contributed by atoms with Gasteiger partial charge in [-0.25, -0.2) is 4.98 Å². The fourth-order valence-corrected chi connectivity index (χ4v) is 3.29. The lowest BCUT2D eigenvalue weighted by Gasteiger charge is -2.04. The molecule has 0 N–H and O–H groups in total. The van der Waals surface area contributed by atoms with E-state index in [1.165, 1.54) is 0 Å². The highest BCUT2D eigenvalue weighted by Gasteiger charge is 2.10. The Hall–Kier alpha value is -0.660. The van der Waals surface area contributed by atoms with E-state index in [0.29, 0.717) is 0 Å². The maximum Gasteiger partial charge on any atom is 0.208 e. The summed E-state index contributed by atoms with van der Waals surface area (Å²) in [4.78, 5) is 6.32. The van der Waals surface area contributed by atoms with Gasteiger partial charge in [0.25, 0.3) is 0 Å². The van der Waals surface area contributed by atoms with Crippen LogP contribution in [0.3, 0.4) is 0 Å². The molecule has 0 spiro atoms. The molecule has 0 aromatic carbocycles. The molecule has 2 aromatic heterocycles. The minimum atomic E-state index is 0.905. The Balaban J connectivity index is 2.19. The minimum absolute atomic E-state index is 0.905. The SMILES string of the molecule is Cc1cc(Br)cnc1Sc1nnc(N(C)C)s1. The molecule has 2 aromatic rings. The standard InChI is InChI=1S/C10H11BrN4S2/c1-6-4-7(11)5-12-8(6)16-10-14-13-9(17-10)15(2)3/h4-5H,1-3H3. The molecule has 2 rings (SSSR count). The average molecular weight is 331 g/mol. The number of anilines is 1. The van der Waals surface area contributed by atoms with Crippen molar-refractivity contribution in [1.82, 2.24) is 15.2 Å². The van der Waals surface area contributed by atoms with Gasteiger partial charge in [-0.3, -0.25) is 0 Å². The lowest BCUT2D eigenvalue weighted by molar-refractivity contribution is 0.968. The van der Waals surface area contributed by atoms with Crippen LogP contribution in [0.1, 0.15) is 5.56 Å². The Morgan fingerprint density at radius 1 is 1.35 bits per heavy atom. The van der Waals surface area contributed by atoms with E-state index in [1.807, 2.05) is 32.0 Å². The highest BCUT2D eigenvalue weighted by Crippen LogP contribution is 2.33. The molecule has 0 radical (unpaired) electrons. The molecule has 0 aliphatic rings. The largest absolute Gasteiger partial charge is 0.353 e. The third-order valence-corrected chi connectivity index (χ3v) is 4.66. The summed E-state index contributed by atoms with van der Waals surface area (Å²) in [5.74, 6) is 0. The molecular formula is C10H11BrN4S2. The zero-order chi connectivity index (χ0) is 12.4. The molecule has 0 unspecified atom stereocenters. The van der Waals surface area contributed by atoms with Gasteiger partial charge in [0.15, 0.2) is 4.34 Å². The Labute approximate surface area is 117 Å². The fourth-order valence-electron chi connectivity index (χ4n) is 1.14. The lowest BCUT2D eigenvalue weighted by atomic mass is 10.3. The van der Waals surface area contributed by atoms with Gasteiger partial charge in [0.1, 0.15) is 5.03 Å². The first-order valence-electron chi connectivity index (χ1n) is 4.87. The summed E-state index contributed by atoms with van der Waals surface area (Å²) in [5.41, 5.74) is 1.13. The van der Waals surface area contributed by atoms with Crippen LogP contribution < -0.4 is 4.90 Å². The van der Waals surface area contributed by atoms with Gasteiger partial charge < -0.3 is 4.90 Å². The zero-order valence-corrected chi connectivity index (χ0v) is 12.9. The van der Waals surface area contributed by atoms with Crippen molar-refractivity contribution in [3.63, 3.8) is 0 Å². The van der Waals surface area contributed by atoms with E-state index in [-0.39, 0.29) is 0 Å². The number of rotatable bonds is 3. The van der Waals surface area contributed by atoms with Gasteiger partial charge in [-0.2, -0.15) is 0 Å². The van der Waals surface area contributed by atoms with Crippen LogP contribution in [0.15, 0.2) is 26.1 Å². The molecule has 2 heterocycles. The van der Waals surface area contributed by atoms with E-state index in [0.717, 1.165) is 24.5 Å². The summed E-state index contributed by atoms with van der Waals surface area (Å²) < 4.78 is 1.90. The van der Waals surface area contributed by atoms with Gasteiger partial charge in [-0.05, 0) is 46.2 Å². The van der Waals surface area contributed by atoms with Crippen LogP contribution in [-0.4, -0.2) is 29.3 Å². The van der Waals surface area contributed by atoms with Crippen molar-refractivity contribution in [2.75, 3.05) is 19.0 Å². The van der Waals surface area contributed by atoms with Crippen molar-refractivity contribution in [1.29, 1.82) is 0 Å². The molecule has 0 aliphatic carbocycles. The van der Waals surface area contributed by atoms with Gasteiger partial charge >= 0.3 is 0 Å². The Kier molecular flexibility index (Phi) is 4.01. The van der Waals surface area contributed by atoms with Crippen LogP contribution in [0, 0.1) is 6.92 Å². The topological polar surface area (TPSA) is 41.9 Å². The van der Waals surface area contributed by atoms with Crippen LogP contribution in [0.4, 0.5) is 5.13 Å². The molecule has 0 saturated carbocycles. The molecule has 0 atom stereocenters. The van der Waals surface area contributed by atoms with Crippen LogP contribution >= 0.6 is 39.0 Å². The van der Waals surface area contributed by atoms with Gasteiger partial charge in [-0.15, -0.1) is 10.2 Å². The van der Waals surface area contributed by atoms with Gasteiger partial charge in [0.2, 0.25) is 5.13 Å². The van der Waals surface area contributed by atoms with Crippen molar-refractivity contribution in [3.8, 4) is 0 Å². The second kappa shape index (κ2) is 5.32. The summed E-state index contributed by atoms with van der Waals surface area (Å²) in [5, 5.41) is 10.1. The molecule has 4 nitrogen and oxygen atoms in total. The fraction of sp³-hybridized carbons (Fsp3) is 0.300. The predicted octanol–water partition coefficient (Wildman–Crippen LogP) is 3.22. The molecule has 0 fully saturated rings. The number of nitrogens with zero attached hydrogens (tertiary/aromatic N) is 4. The van der Waals surface area contributed by atoms with Crippen molar-refractivity contribution in [2.45, 2.75) is 16.3 Å². The minimum Gasteiger partial charge on any atom is -0.353 e. The first-order chi connectivity index (χ1) is 8.06. The summed E-state index contributed by atoms with van der Waals surface area (Å²) in [6.45, 7) is 2.04. The second-order valence-electron chi connectivity index (χ2n) is 3.62. The lowest BCUT2D eigenvalue weighted by Crippen LogP contribution is -2.07. The normalized spacial score (nSPS) is 10.6. The van der Waals surface area contributed by atoms with E-state index >= 15 is 0 Å². The quantitative estimate of drug-likeness (QED) is 0.864. The van der Waals surface area contributed by atoms with E-state index in [1.54, 1.807) is 29.3 Å². The maximum absolute atomic E-state index is 4.37. The number of halogens is 1. The molecular weight excluding hydrogens is 320 g/mol. The summed E-state index contributed by atoms with van der Waals surface area (Å²) >= 11 is 6.51. The summed E-state index contributed by atoms with van der Waals surface area (Å²) in [7, 11) is 3.91. The van der Waals surface area contributed by atoms with Crippen molar-refractivity contribution in [2.24, 2.45) is 0 Å². The first-order valence-corrected chi connectivity index (χ1v) is 7.29. The third kappa shape index (κ3) is 3.17. The van der Waals surface area contributed by atoms with Crippen LogP contribution in [-0.2, 0) is 0 Å². The predicted molar refractivity (Wildman–Crippen MR) is 75.0 cm³/mol. The smallest absolute Gasteiger partial charge is 0.208 e. The Morgan fingerprint density at radius 2 is 2.12 bits per heavy atom. The van der Waals surface area contributed by atoms with Crippen molar-refractivity contribution in [3.05, 3.63) is 22.3 Å². The van der Waals surface area contributed by atoms with Crippen LogP contribution in [0.2, 0.25) is 0 Å². The van der Waals surface area contributed by atoms with Crippen molar-refractivity contribution >= 4 is 44.2 Å². The van der Waals surface area contributed by atoms with Gasteiger partial charge in [0, 0.05) is 24.8 Å². The number of hydrogen-bond acceptors (Lipinski definition) is 6. The Morgan fingerprint density at radius 3 is 2.71 bits per heavy atom. The number of pyridine rings is 1. The number of hydrogen-bond donors (Lipinski definition) is 0. The Bertz CT molecular complexity index is 527. The van der Waals surface area contributed by atoms with Crippen molar-refractivity contribution < 1.29 is 0 Å². The molecule has 0 amide bonds. The summed E-state index contributed by atoms with van der Waals surface area (Å²) in [6.07, 6.45) is 1.79. The zero-order valence-electron chi connectivity index (χ0n) is 9.64. The maximum atomic E-state index is 4.37. The molecule has 0 bridgehead atoms. The van der Waals surface area contributed by atoms with Gasteiger partial charge in [-0.1, -0.05) is 11.3 Å². The van der Waals surface area contributed by atoms with Crippen LogP contribution in [0.25, 0.3) is 0 Å². The number of aromatic nitrogens is 3. The average Bonchev–Trinajstić information content (AvgIpc) is 2.71. The van der Waals surface area contributed by atoms with Crippen LogP contribution in [0.5, 0.6) is 0 Å². The number of aryl methyl sites for hydroxylation is 1. The van der Waals surface area contributed by atoms with E-state index < -0.39 is 0 Å². The highest BCUT2D eigenvalue weighted by molar-refractivity contribution is 9.10. The molecule has 0 aliphatic heterocycles. The van der Waals surface area contributed by atoms with E-state index in [4.69, 9.17) is 0 Å². The van der Waals surface area contributed by atoms with E-state index in [9.17, 15) is 0 Å². The summed E-state index contributed by atoms with van der Waals surface area (Å²) in [6, 6.07) is 2.04. The third-order valence-electron chi connectivity index (χ3n) is 1.96. The second-order valence-corrected chi connectivity index (χ2v) is 6.73. The monoisotopic (exact) mass is 330 g/mol.